The van der Waals surface area contributed by atoms with E-state index in [1.165, 1.54) is 0 Å². The van der Waals surface area contributed by atoms with E-state index in [4.69, 9.17) is 21.4 Å². The molecule has 0 radical (unpaired) electrons. The van der Waals surface area contributed by atoms with Crippen LogP contribution in [0, 0.1) is 0 Å². The van der Waals surface area contributed by atoms with Gasteiger partial charge in [-0.2, -0.15) is 0 Å². The Balaban J connectivity index is 2.12. The largest absolute Gasteiger partial charge is 0.479 e. The average Bonchev–Trinajstić information content (AvgIpc) is 2.60. The number of amides is 1. The molecule has 0 aliphatic carbocycles. The van der Waals surface area contributed by atoms with Crippen molar-refractivity contribution < 1.29 is 24.5 Å². The summed E-state index contributed by atoms with van der Waals surface area (Å²) in [5, 5.41) is 22.0. The number of nitrogens with one attached hydrogen (secondary N) is 1. The van der Waals surface area contributed by atoms with E-state index in [9.17, 15) is 14.7 Å². The van der Waals surface area contributed by atoms with Gasteiger partial charge in [-0.25, -0.2) is 9.59 Å². The molecule has 29 heavy (non-hydrogen) atoms. The molecular formula is C22H26ClNO5. The highest BCUT2D eigenvalue weighted by Crippen LogP contribution is 2.23. The number of carbonyl (C=O) groups is 2. The van der Waals surface area contributed by atoms with Gasteiger partial charge < -0.3 is 20.3 Å². The molecule has 3 N–H and O–H groups in total. The summed E-state index contributed by atoms with van der Waals surface area (Å²) in [6, 6.07) is 14.6. The molecule has 0 spiro atoms. The van der Waals surface area contributed by atoms with Gasteiger partial charge in [-0.3, -0.25) is 0 Å². The van der Waals surface area contributed by atoms with Gasteiger partial charge in [-0.05, 0) is 56.0 Å². The van der Waals surface area contributed by atoms with Crippen molar-refractivity contribution in [3.8, 4) is 11.1 Å². The Morgan fingerprint density at radius 3 is 2.31 bits per heavy atom. The van der Waals surface area contributed by atoms with Crippen LogP contribution in [0.25, 0.3) is 11.1 Å². The van der Waals surface area contributed by atoms with E-state index in [0.29, 0.717) is 11.4 Å². The Labute approximate surface area is 175 Å². The van der Waals surface area contributed by atoms with Crippen LogP contribution < -0.4 is 5.32 Å². The van der Waals surface area contributed by atoms with E-state index in [2.05, 4.69) is 5.32 Å². The SMILES string of the molecule is CC(C)(C)OC(=O)NC(Cc1ccc(-c2cccc(Cl)c2)cc1)CC(O)C(=O)O. The molecule has 0 aromatic heterocycles. The smallest absolute Gasteiger partial charge is 0.407 e. The average molecular weight is 420 g/mol. The molecule has 2 aromatic rings. The number of alkyl carbamates (subject to hydrolysis) is 1. The number of rotatable bonds is 7. The normalized spacial score (nSPS) is 13.4. The van der Waals surface area contributed by atoms with E-state index in [1.54, 1.807) is 26.8 Å². The third kappa shape index (κ3) is 7.75. The molecule has 7 heteroatoms. The monoisotopic (exact) mass is 419 g/mol. The maximum Gasteiger partial charge on any atom is 0.407 e. The summed E-state index contributed by atoms with van der Waals surface area (Å²) in [7, 11) is 0. The molecule has 0 aliphatic rings. The number of aliphatic hydroxyl groups excluding tert-OH is 1. The number of halogens is 1. The van der Waals surface area contributed by atoms with Gasteiger partial charge in [0.15, 0.2) is 6.10 Å². The van der Waals surface area contributed by atoms with Gasteiger partial charge >= 0.3 is 12.1 Å². The maximum atomic E-state index is 12.1. The fraction of sp³-hybridized carbons (Fsp3) is 0.364. The second kappa shape index (κ2) is 9.76. The van der Waals surface area contributed by atoms with E-state index >= 15 is 0 Å². The summed E-state index contributed by atoms with van der Waals surface area (Å²) in [6.45, 7) is 5.22. The van der Waals surface area contributed by atoms with Crippen LogP contribution in [-0.4, -0.2) is 40.0 Å². The number of aliphatic carboxylic acids is 1. The lowest BCUT2D eigenvalue weighted by Gasteiger charge is -2.24. The molecule has 2 aromatic carbocycles. The molecule has 0 saturated heterocycles. The van der Waals surface area contributed by atoms with Crippen molar-refractivity contribution >= 4 is 23.7 Å². The number of carboxylic acids is 1. The third-order valence-corrected chi connectivity index (χ3v) is 4.34. The third-order valence-electron chi connectivity index (χ3n) is 4.11. The zero-order chi connectivity index (χ0) is 21.6. The van der Waals surface area contributed by atoms with Crippen molar-refractivity contribution in [2.75, 3.05) is 0 Å². The van der Waals surface area contributed by atoms with Gasteiger partial charge in [0.05, 0.1) is 0 Å². The van der Waals surface area contributed by atoms with E-state index in [-0.39, 0.29) is 6.42 Å². The molecule has 2 unspecified atom stereocenters. The van der Waals surface area contributed by atoms with Gasteiger partial charge in [0.2, 0.25) is 0 Å². The molecule has 0 heterocycles. The van der Waals surface area contributed by atoms with Gasteiger partial charge in [0, 0.05) is 17.5 Å². The van der Waals surface area contributed by atoms with Gasteiger partial charge in [0.25, 0.3) is 0 Å². The van der Waals surface area contributed by atoms with Gasteiger partial charge in [0.1, 0.15) is 5.60 Å². The fourth-order valence-electron chi connectivity index (χ4n) is 2.82. The first-order chi connectivity index (χ1) is 13.5. The number of carboxylic acid groups (broad SMARTS) is 1. The first-order valence-corrected chi connectivity index (χ1v) is 9.66. The van der Waals surface area contributed by atoms with Crippen molar-refractivity contribution in [2.24, 2.45) is 0 Å². The Morgan fingerprint density at radius 2 is 1.76 bits per heavy atom. The number of hydrogen-bond donors (Lipinski definition) is 3. The zero-order valence-electron chi connectivity index (χ0n) is 16.7. The summed E-state index contributed by atoms with van der Waals surface area (Å²) in [5.41, 5.74) is 2.17. The maximum absolute atomic E-state index is 12.1. The molecule has 6 nitrogen and oxygen atoms in total. The van der Waals surface area contributed by atoms with Crippen molar-refractivity contribution in [1.82, 2.24) is 5.32 Å². The minimum Gasteiger partial charge on any atom is -0.479 e. The quantitative estimate of drug-likeness (QED) is 0.622. The van der Waals surface area contributed by atoms with Crippen LogP contribution in [0.15, 0.2) is 48.5 Å². The molecule has 0 aliphatic heterocycles. The predicted molar refractivity (Wildman–Crippen MR) is 112 cm³/mol. The molecule has 0 fully saturated rings. The van der Waals surface area contributed by atoms with Crippen LogP contribution >= 0.6 is 11.6 Å². The second-order valence-corrected chi connectivity index (χ2v) is 8.28. The summed E-state index contributed by atoms with van der Waals surface area (Å²) in [6.07, 6.45) is -2.03. The zero-order valence-corrected chi connectivity index (χ0v) is 17.4. The Hall–Kier alpha value is -2.57. The fourth-order valence-corrected chi connectivity index (χ4v) is 3.01. The molecule has 0 saturated carbocycles. The minimum absolute atomic E-state index is 0.134. The number of carbonyl (C=O) groups excluding carboxylic acids is 1. The van der Waals surface area contributed by atoms with E-state index < -0.39 is 29.8 Å². The number of benzene rings is 2. The van der Waals surface area contributed by atoms with Crippen LogP contribution in [0.1, 0.15) is 32.8 Å². The predicted octanol–water partition coefficient (Wildman–Crippen LogP) is 4.28. The summed E-state index contributed by atoms with van der Waals surface area (Å²) >= 11 is 6.04. The molecular weight excluding hydrogens is 394 g/mol. The first-order valence-electron chi connectivity index (χ1n) is 9.29. The Kier molecular flexibility index (Phi) is 7.65. The van der Waals surface area contributed by atoms with Crippen LogP contribution in [0.5, 0.6) is 0 Å². The molecule has 156 valence electrons. The van der Waals surface area contributed by atoms with E-state index in [0.717, 1.165) is 16.7 Å². The molecule has 1 amide bonds. The van der Waals surface area contributed by atoms with Crippen LogP contribution in [0.3, 0.4) is 0 Å². The minimum atomic E-state index is -1.58. The van der Waals surface area contributed by atoms with Crippen molar-refractivity contribution in [2.45, 2.75) is 51.4 Å². The summed E-state index contributed by atoms with van der Waals surface area (Å²) in [5.74, 6) is -1.34. The highest BCUT2D eigenvalue weighted by atomic mass is 35.5. The number of ether oxygens (including phenoxy) is 1. The lowest BCUT2D eigenvalue weighted by Crippen LogP contribution is -2.43. The second-order valence-electron chi connectivity index (χ2n) is 7.84. The van der Waals surface area contributed by atoms with Crippen LogP contribution in [0.2, 0.25) is 5.02 Å². The summed E-state index contributed by atoms with van der Waals surface area (Å²) in [4.78, 5) is 23.1. The van der Waals surface area contributed by atoms with Gasteiger partial charge in [-0.15, -0.1) is 0 Å². The molecule has 2 atom stereocenters. The molecule has 2 rings (SSSR count). The van der Waals surface area contributed by atoms with Crippen LogP contribution in [0.4, 0.5) is 4.79 Å². The molecule has 0 bridgehead atoms. The van der Waals surface area contributed by atoms with Crippen molar-refractivity contribution in [1.29, 1.82) is 0 Å². The van der Waals surface area contributed by atoms with Crippen LogP contribution in [-0.2, 0) is 16.0 Å². The van der Waals surface area contributed by atoms with Crippen molar-refractivity contribution in [3.63, 3.8) is 0 Å². The van der Waals surface area contributed by atoms with Gasteiger partial charge in [-0.1, -0.05) is 48.0 Å². The number of aliphatic hydroxyl groups is 1. The number of hydrogen-bond acceptors (Lipinski definition) is 4. The lowest BCUT2D eigenvalue weighted by atomic mass is 9.98. The van der Waals surface area contributed by atoms with Crippen molar-refractivity contribution in [3.05, 3.63) is 59.1 Å². The topological polar surface area (TPSA) is 95.9 Å². The summed E-state index contributed by atoms with van der Waals surface area (Å²) < 4.78 is 5.24. The highest BCUT2D eigenvalue weighted by Gasteiger charge is 2.24. The highest BCUT2D eigenvalue weighted by molar-refractivity contribution is 6.30. The lowest BCUT2D eigenvalue weighted by molar-refractivity contribution is -0.147. The first kappa shape index (κ1) is 22.7. The Bertz CT molecular complexity index is 845. The Morgan fingerprint density at radius 1 is 1.10 bits per heavy atom. The standard InChI is InChI=1S/C22H26ClNO5/c1-22(2,3)29-21(28)24-18(13-19(25)20(26)27)11-14-7-9-15(10-8-14)16-5-4-6-17(23)12-16/h4-10,12,18-19,25H,11,13H2,1-3H3,(H,24,28)(H,26,27). The van der Waals surface area contributed by atoms with E-state index in [1.807, 2.05) is 42.5 Å².